The fraction of sp³-hybridized carbons (Fsp3) is 0.333. The van der Waals surface area contributed by atoms with Crippen molar-refractivity contribution in [3.63, 3.8) is 0 Å². The Hall–Kier alpha value is -0.590. The Balaban J connectivity index is 3.56. The molecule has 40 valence electrons. The summed E-state index contributed by atoms with van der Waals surface area (Å²) in [6.07, 6.45) is 0.475. The molecule has 0 nitrogen and oxygen atoms in total. The van der Waals surface area contributed by atoms with Crippen molar-refractivity contribution in [2.45, 2.75) is 13.1 Å². The summed E-state index contributed by atoms with van der Waals surface area (Å²) >= 11 is 0. The molecule has 0 radical (unpaired) electrons. The van der Waals surface area contributed by atoms with Crippen molar-refractivity contribution in [3.05, 3.63) is 24.8 Å². The van der Waals surface area contributed by atoms with E-state index in [0.29, 0.717) is 5.57 Å². The van der Waals surface area contributed by atoms with Crippen molar-refractivity contribution in [2.75, 3.05) is 0 Å². The predicted molar refractivity (Wildman–Crippen MR) is 29.9 cm³/mol. The maximum absolute atomic E-state index is 11.9. The van der Waals surface area contributed by atoms with Crippen LogP contribution < -0.4 is 0 Å². The fourth-order valence-corrected chi connectivity index (χ4v) is 0.162. The van der Waals surface area contributed by atoms with Gasteiger partial charge in [0.1, 0.15) is 6.17 Å². The Bertz CT molecular complexity index is 82.2. The lowest BCUT2D eigenvalue weighted by molar-refractivity contribution is 0.418. The van der Waals surface area contributed by atoms with E-state index >= 15 is 0 Å². The minimum absolute atomic E-state index is 0.444. The lowest BCUT2D eigenvalue weighted by Crippen LogP contribution is -1.91. The minimum Gasteiger partial charge on any atom is -0.243 e. The van der Waals surface area contributed by atoms with Crippen LogP contribution in [0.15, 0.2) is 24.8 Å². The summed E-state index contributed by atoms with van der Waals surface area (Å²) in [5, 5.41) is 0. The molecule has 0 aromatic heterocycles. The summed E-state index contributed by atoms with van der Waals surface area (Å²) in [4.78, 5) is 0. The highest BCUT2D eigenvalue weighted by molar-refractivity contribution is 5.14. The van der Waals surface area contributed by atoms with Crippen LogP contribution in [0.4, 0.5) is 4.39 Å². The molecule has 0 aliphatic rings. The Kier molecular flexibility index (Phi) is 2.34. The van der Waals surface area contributed by atoms with Crippen molar-refractivity contribution in [1.82, 2.24) is 0 Å². The van der Waals surface area contributed by atoms with Crippen LogP contribution in [0, 0.1) is 0 Å². The SMILES string of the molecule is C=CC(=C)C(C)F. The third-order valence-electron chi connectivity index (χ3n) is 0.773. The third-order valence-corrected chi connectivity index (χ3v) is 0.773. The Labute approximate surface area is 43.4 Å². The van der Waals surface area contributed by atoms with Crippen molar-refractivity contribution in [1.29, 1.82) is 0 Å². The molecule has 7 heavy (non-hydrogen) atoms. The van der Waals surface area contributed by atoms with Crippen LogP contribution in [0.25, 0.3) is 0 Å². The molecule has 0 aromatic rings. The normalized spacial score (nSPS) is 12.9. The maximum atomic E-state index is 11.9. The monoisotopic (exact) mass is 100 g/mol. The zero-order chi connectivity index (χ0) is 5.86. The molecule has 0 spiro atoms. The van der Waals surface area contributed by atoms with Gasteiger partial charge in [0.2, 0.25) is 0 Å². The molecule has 0 N–H and O–H groups in total. The summed E-state index contributed by atoms with van der Waals surface area (Å²) in [6.45, 7) is 8.16. The summed E-state index contributed by atoms with van der Waals surface area (Å²) < 4.78 is 11.9. The van der Waals surface area contributed by atoms with Gasteiger partial charge < -0.3 is 0 Å². The second-order valence-corrected chi connectivity index (χ2v) is 1.40. The summed E-state index contributed by atoms with van der Waals surface area (Å²) in [5.41, 5.74) is 0.444. The molecule has 0 amide bonds. The number of rotatable bonds is 2. The highest BCUT2D eigenvalue weighted by Gasteiger charge is 1.95. The average Bonchev–Trinajstić information content (AvgIpc) is 1.65. The van der Waals surface area contributed by atoms with E-state index in [0.717, 1.165) is 0 Å². The van der Waals surface area contributed by atoms with Gasteiger partial charge in [0.05, 0.1) is 0 Å². The van der Waals surface area contributed by atoms with Crippen molar-refractivity contribution in [2.24, 2.45) is 0 Å². The van der Waals surface area contributed by atoms with E-state index in [2.05, 4.69) is 13.2 Å². The predicted octanol–water partition coefficient (Wildman–Crippen LogP) is 2.09. The first-order chi connectivity index (χ1) is 3.18. The highest BCUT2D eigenvalue weighted by Crippen LogP contribution is 2.01. The van der Waals surface area contributed by atoms with Gasteiger partial charge in [-0.3, -0.25) is 0 Å². The first kappa shape index (κ1) is 6.41. The summed E-state index contributed by atoms with van der Waals surface area (Å²) in [5.74, 6) is 0. The molecule has 0 bridgehead atoms. The zero-order valence-corrected chi connectivity index (χ0v) is 4.45. The Morgan fingerprint density at radius 1 is 1.86 bits per heavy atom. The Morgan fingerprint density at radius 2 is 2.29 bits per heavy atom. The lowest BCUT2D eigenvalue weighted by atomic mass is 10.2. The van der Waals surface area contributed by atoms with Crippen LogP contribution in [0.5, 0.6) is 0 Å². The largest absolute Gasteiger partial charge is 0.243 e. The highest BCUT2D eigenvalue weighted by atomic mass is 19.1. The standard InChI is InChI=1S/C6H9F/c1-4-5(2)6(3)7/h4,6H,1-2H2,3H3. The topological polar surface area (TPSA) is 0 Å². The summed E-state index contributed by atoms with van der Waals surface area (Å²) in [7, 11) is 0. The van der Waals surface area contributed by atoms with Crippen LogP contribution in [-0.2, 0) is 0 Å². The molecule has 0 aliphatic carbocycles. The number of hydrogen-bond donors (Lipinski definition) is 0. The van der Waals surface area contributed by atoms with E-state index in [-0.39, 0.29) is 0 Å². The van der Waals surface area contributed by atoms with Gasteiger partial charge in [-0.2, -0.15) is 0 Å². The van der Waals surface area contributed by atoms with Gasteiger partial charge in [-0.25, -0.2) is 4.39 Å². The second kappa shape index (κ2) is 2.56. The molecule has 0 rings (SSSR count). The first-order valence-electron chi connectivity index (χ1n) is 2.13. The van der Waals surface area contributed by atoms with E-state index < -0.39 is 6.17 Å². The average molecular weight is 100 g/mol. The van der Waals surface area contributed by atoms with E-state index in [4.69, 9.17) is 0 Å². The van der Waals surface area contributed by atoms with Gasteiger partial charge in [-0.15, -0.1) is 0 Å². The van der Waals surface area contributed by atoms with Gasteiger partial charge in [0.25, 0.3) is 0 Å². The van der Waals surface area contributed by atoms with Gasteiger partial charge in [-0.05, 0) is 12.5 Å². The smallest absolute Gasteiger partial charge is 0.122 e. The number of allylic oxidation sites excluding steroid dienone is 2. The lowest BCUT2D eigenvalue weighted by Gasteiger charge is -1.95. The molecule has 0 saturated heterocycles. The van der Waals surface area contributed by atoms with Gasteiger partial charge in [0.15, 0.2) is 0 Å². The number of halogens is 1. The van der Waals surface area contributed by atoms with Crippen molar-refractivity contribution >= 4 is 0 Å². The van der Waals surface area contributed by atoms with E-state index in [1.54, 1.807) is 0 Å². The summed E-state index contributed by atoms with van der Waals surface area (Å²) in [6, 6.07) is 0. The number of hydrogen-bond acceptors (Lipinski definition) is 0. The minimum atomic E-state index is -0.947. The third kappa shape index (κ3) is 2.15. The van der Waals surface area contributed by atoms with E-state index in [1.807, 2.05) is 0 Å². The molecule has 0 heterocycles. The zero-order valence-electron chi connectivity index (χ0n) is 4.45. The van der Waals surface area contributed by atoms with Gasteiger partial charge >= 0.3 is 0 Å². The fourth-order valence-electron chi connectivity index (χ4n) is 0.162. The van der Waals surface area contributed by atoms with Crippen molar-refractivity contribution in [3.8, 4) is 0 Å². The maximum Gasteiger partial charge on any atom is 0.122 e. The molecule has 1 unspecified atom stereocenters. The molecule has 0 aromatic carbocycles. The molecule has 1 heteroatoms. The first-order valence-corrected chi connectivity index (χ1v) is 2.13. The Morgan fingerprint density at radius 3 is 2.29 bits per heavy atom. The van der Waals surface area contributed by atoms with Gasteiger partial charge in [0, 0.05) is 0 Å². The van der Waals surface area contributed by atoms with Crippen LogP contribution in [0.2, 0.25) is 0 Å². The molecule has 0 fully saturated rings. The van der Waals surface area contributed by atoms with E-state index in [1.165, 1.54) is 13.0 Å². The van der Waals surface area contributed by atoms with Crippen LogP contribution in [-0.4, -0.2) is 6.17 Å². The van der Waals surface area contributed by atoms with Crippen LogP contribution in [0.3, 0.4) is 0 Å². The second-order valence-electron chi connectivity index (χ2n) is 1.40. The number of alkyl halides is 1. The molecule has 0 aliphatic heterocycles. The van der Waals surface area contributed by atoms with Crippen molar-refractivity contribution < 1.29 is 4.39 Å². The molecule has 0 saturated carbocycles. The van der Waals surface area contributed by atoms with E-state index in [9.17, 15) is 4.39 Å². The molecular weight excluding hydrogens is 91.1 g/mol. The molecular formula is C6H9F. The van der Waals surface area contributed by atoms with Crippen LogP contribution in [0.1, 0.15) is 6.92 Å². The molecule has 1 atom stereocenters. The van der Waals surface area contributed by atoms with Gasteiger partial charge in [-0.1, -0.05) is 19.2 Å². The van der Waals surface area contributed by atoms with Crippen LogP contribution >= 0.6 is 0 Å². The quantitative estimate of drug-likeness (QED) is 0.466.